The normalized spacial score (nSPS) is 10.8. The molecule has 0 saturated carbocycles. The van der Waals surface area contributed by atoms with Gasteiger partial charge >= 0.3 is 11.6 Å². The van der Waals surface area contributed by atoms with Crippen molar-refractivity contribution in [1.29, 1.82) is 0 Å². The summed E-state index contributed by atoms with van der Waals surface area (Å²) in [5.74, 6) is 0.215. The van der Waals surface area contributed by atoms with Gasteiger partial charge in [-0.25, -0.2) is 9.59 Å². The van der Waals surface area contributed by atoms with Crippen molar-refractivity contribution in [2.45, 2.75) is 6.92 Å². The van der Waals surface area contributed by atoms with Gasteiger partial charge in [-0.3, -0.25) is 0 Å². The van der Waals surface area contributed by atoms with Crippen molar-refractivity contribution in [3.05, 3.63) is 93.3 Å². The molecule has 0 fully saturated rings. The van der Waals surface area contributed by atoms with Gasteiger partial charge in [-0.05, 0) is 60.5 Å². The van der Waals surface area contributed by atoms with Crippen LogP contribution in [0.15, 0.2) is 75.9 Å². The maximum atomic E-state index is 12.6. The van der Waals surface area contributed by atoms with Gasteiger partial charge in [0.25, 0.3) is 0 Å². The molecule has 4 rings (SSSR count). The second-order valence-electron chi connectivity index (χ2n) is 6.64. The Bertz CT molecular complexity index is 1310. The Morgan fingerprint density at radius 2 is 1.73 bits per heavy atom. The number of methoxy groups -OCH3 is 1. The van der Waals surface area contributed by atoms with E-state index in [2.05, 4.69) is 0 Å². The average Bonchev–Trinajstić information content (AvgIpc) is 2.75. The second kappa shape index (κ2) is 8.05. The highest BCUT2D eigenvalue weighted by molar-refractivity contribution is 6.30. The lowest BCUT2D eigenvalue weighted by Crippen LogP contribution is -2.10. The van der Waals surface area contributed by atoms with Gasteiger partial charge in [-0.15, -0.1) is 0 Å². The van der Waals surface area contributed by atoms with Crippen molar-refractivity contribution in [3.63, 3.8) is 0 Å². The van der Waals surface area contributed by atoms with Crippen LogP contribution in [0.3, 0.4) is 0 Å². The summed E-state index contributed by atoms with van der Waals surface area (Å²) in [6.45, 7) is 1.83. The van der Waals surface area contributed by atoms with Crippen LogP contribution in [0.4, 0.5) is 0 Å². The molecule has 0 aliphatic heterocycles. The predicted molar refractivity (Wildman–Crippen MR) is 116 cm³/mol. The van der Waals surface area contributed by atoms with Crippen LogP contribution in [0.5, 0.6) is 11.5 Å². The molecule has 6 heteroatoms. The van der Waals surface area contributed by atoms with Crippen LogP contribution in [0.1, 0.15) is 15.9 Å². The Morgan fingerprint density at radius 1 is 1.00 bits per heavy atom. The van der Waals surface area contributed by atoms with Crippen molar-refractivity contribution in [2.75, 3.05) is 7.11 Å². The summed E-state index contributed by atoms with van der Waals surface area (Å²) in [5.41, 5.74) is 2.14. The van der Waals surface area contributed by atoms with E-state index in [9.17, 15) is 9.59 Å². The molecule has 0 N–H and O–H groups in total. The Kier molecular flexibility index (Phi) is 5.29. The summed E-state index contributed by atoms with van der Waals surface area (Å²) >= 11 is 5.96. The molecule has 0 aliphatic carbocycles. The zero-order chi connectivity index (χ0) is 21.3. The third-order valence-electron chi connectivity index (χ3n) is 4.81. The molecule has 1 heterocycles. The number of fused-ring (bicyclic) bond motifs is 1. The van der Waals surface area contributed by atoms with Gasteiger partial charge < -0.3 is 13.9 Å². The highest BCUT2D eigenvalue weighted by Gasteiger charge is 2.17. The van der Waals surface area contributed by atoms with E-state index in [1.54, 1.807) is 66.7 Å². The molecule has 150 valence electrons. The van der Waals surface area contributed by atoms with Gasteiger partial charge in [0.2, 0.25) is 0 Å². The molecule has 30 heavy (non-hydrogen) atoms. The van der Waals surface area contributed by atoms with Crippen molar-refractivity contribution >= 4 is 28.5 Å². The largest absolute Gasteiger partial charge is 0.496 e. The van der Waals surface area contributed by atoms with Crippen LogP contribution >= 0.6 is 11.6 Å². The first-order chi connectivity index (χ1) is 14.5. The smallest absolute Gasteiger partial charge is 0.347 e. The third-order valence-corrected chi connectivity index (χ3v) is 5.06. The zero-order valence-electron chi connectivity index (χ0n) is 16.3. The van der Waals surface area contributed by atoms with Crippen molar-refractivity contribution < 1.29 is 18.7 Å². The topological polar surface area (TPSA) is 65.7 Å². The molecule has 5 nitrogen and oxygen atoms in total. The number of esters is 1. The third kappa shape index (κ3) is 3.67. The molecule has 0 amide bonds. The van der Waals surface area contributed by atoms with E-state index in [0.717, 1.165) is 5.56 Å². The summed E-state index contributed by atoms with van der Waals surface area (Å²) < 4.78 is 16.3. The maximum Gasteiger partial charge on any atom is 0.347 e. The van der Waals surface area contributed by atoms with E-state index in [4.69, 9.17) is 25.5 Å². The molecule has 3 aromatic carbocycles. The summed E-state index contributed by atoms with van der Waals surface area (Å²) in [4.78, 5) is 25.2. The fourth-order valence-electron chi connectivity index (χ4n) is 3.32. The Labute approximate surface area is 177 Å². The van der Waals surface area contributed by atoms with Gasteiger partial charge in [0.15, 0.2) is 0 Å². The lowest BCUT2D eigenvalue weighted by Gasteiger charge is -2.11. The van der Waals surface area contributed by atoms with Gasteiger partial charge in [-0.1, -0.05) is 35.9 Å². The van der Waals surface area contributed by atoms with E-state index in [1.807, 2.05) is 6.92 Å². The van der Waals surface area contributed by atoms with Crippen molar-refractivity contribution in [3.8, 4) is 22.6 Å². The fraction of sp³-hybridized carbons (Fsp3) is 0.0833. The zero-order valence-corrected chi connectivity index (χ0v) is 17.0. The SMILES string of the molecule is COc1ccccc1C(=O)Oc1ccc2oc(=O)c(-c3ccc(Cl)cc3)c(C)c2c1. The lowest BCUT2D eigenvalue weighted by atomic mass is 9.99. The van der Waals surface area contributed by atoms with E-state index in [1.165, 1.54) is 7.11 Å². The van der Waals surface area contributed by atoms with Crippen LogP contribution in [0.25, 0.3) is 22.1 Å². The number of carbonyl (C=O) groups excluding carboxylic acids is 1. The number of hydrogen-bond acceptors (Lipinski definition) is 5. The molecule has 0 radical (unpaired) electrons. The fourth-order valence-corrected chi connectivity index (χ4v) is 3.45. The van der Waals surface area contributed by atoms with Crippen molar-refractivity contribution in [1.82, 2.24) is 0 Å². The summed E-state index contributed by atoms with van der Waals surface area (Å²) in [7, 11) is 1.49. The molecule has 0 spiro atoms. The molecular weight excluding hydrogens is 404 g/mol. The van der Waals surface area contributed by atoms with E-state index < -0.39 is 11.6 Å². The first kappa shape index (κ1) is 19.7. The van der Waals surface area contributed by atoms with E-state index >= 15 is 0 Å². The van der Waals surface area contributed by atoms with Gasteiger partial charge in [-0.2, -0.15) is 0 Å². The van der Waals surface area contributed by atoms with E-state index in [-0.39, 0.29) is 0 Å². The highest BCUT2D eigenvalue weighted by Crippen LogP contribution is 2.30. The quantitative estimate of drug-likeness (QED) is 0.242. The first-order valence-electron chi connectivity index (χ1n) is 9.16. The Balaban J connectivity index is 1.76. The van der Waals surface area contributed by atoms with Crippen LogP contribution in [-0.4, -0.2) is 13.1 Å². The van der Waals surface area contributed by atoms with Crippen LogP contribution < -0.4 is 15.1 Å². The monoisotopic (exact) mass is 420 g/mol. The standard InChI is InChI=1S/C24H17ClO5/c1-14-19-13-17(29-23(26)18-5-3-4-6-20(18)28-2)11-12-21(19)30-24(27)22(14)15-7-9-16(25)10-8-15/h3-13H,1-2H3. The number of halogens is 1. The van der Waals surface area contributed by atoms with Crippen LogP contribution in [-0.2, 0) is 0 Å². The predicted octanol–water partition coefficient (Wildman–Crippen LogP) is 5.65. The number of carbonyl (C=O) groups is 1. The van der Waals surface area contributed by atoms with E-state index in [0.29, 0.717) is 44.2 Å². The van der Waals surface area contributed by atoms with Crippen LogP contribution in [0, 0.1) is 6.92 Å². The molecule has 0 bridgehead atoms. The maximum absolute atomic E-state index is 12.6. The van der Waals surface area contributed by atoms with Gasteiger partial charge in [0, 0.05) is 10.4 Å². The molecular formula is C24H17ClO5. The molecule has 4 aromatic rings. The Hall–Kier alpha value is -3.57. The minimum absolute atomic E-state index is 0.318. The van der Waals surface area contributed by atoms with Crippen LogP contribution in [0.2, 0.25) is 5.02 Å². The number of rotatable bonds is 4. The second-order valence-corrected chi connectivity index (χ2v) is 7.08. The molecule has 0 atom stereocenters. The number of ether oxygens (including phenoxy) is 2. The summed E-state index contributed by atoms with van der Waals surface area (Å²) in [5, 5.41) is 1.25. The number of hydrogen-bond donors (Lipinski definition) is 0. The molecule has 0 aliphatic rings. The summed E-state index contributed by atoms with van der Waals surface area (Å²) in [6.07, 6.45) is 0. The average molecular weight is 421 g/mol. The number of benzene rings is 3. The molecule has 1 aromatic heterocycles. The first-order valence-corrected chi connectivity index (χ1v) is 9.54. The minimum atomic E-state index is -0.542. The molecule has 0 saturated heterocycles. The Morgan fingerprint density at radius 3 is 2.47 bits per heavy atom. The van der Waals surface area contributed by atoms with Gasteiger partial charge in [0.1, 0.15) is 22.6 Å². The molecule has 0 unspecified atom stereocenters. The highest BCUT2D eigenvalue weighted by atomic mass is 35.5. The number of aryl methyl sites for hydroxylation is 1. The minimum Gasteiger partial charge on any atom is -0.496 e. The van der Waals surface area contributed by atoms with Gasteiger partial charge in [0.05, 0.1) is 12.7 Å². The summed E-state index contributed by atoms with van der Waals surface area (Å²) in [6, 6.07) is 18.7. The lowest BCUT2D eigenvalue weighted by molar-refractivity contribution is 0.0731. The van der Waals surface area contributed by atoms with Crippen molar-refractivity contribution in [2.24, 2.45) is 0 Å². The number of para-hydroxylation sites is 1.